The number of ether oxygens (including phenoxy) is 1. The van der Waals surface area contributed by atoms with Crippen LogP contribution in [0.2, 0.25) is 0 Å². The Morgan fingerprint density at radius 1 is 1.09 bits per heavy atom. The highest BCUT2D eigenvalue weighted by atomic mass is 16.6. The van der Waals surface area contributed by atoms with Gasteiger partial charge in [-0.15, -0.1) is 0 Å². The molecule has 1 unspecified atom stereocenters. The SMILES string of the molecule is CC(C)CC(C(=O)OC1(C(N)=O)CCCCC1)n1c(-c2ccc(CO)cc2)nc2ccccc21. The van der Waals surface area contributed by atoms with Crippen LogP contribution in [-0.2, 0) is 20.9 Å². The summed E-state index contributed by atoms with van der Waals surface area (Å²) in [4.78, 5) is 31.0. The van der Waals surface area contributed by atoms with E-state index in [1.165, 1.54) is 0 Å². The number of aliphatic hydroxyl groups is 1. The van der Waals surface area contributed by atoms with Crippen molar-refractivity contribution in [2.45, 2.75) is 70.6 Å². The summed E-state index contributed by atoms with van der Waals surface area (Å²) in [7, 11) is 0. The fourth-order valence-corrected chi connectivity index (χ4v) is 4.86. The van der Waals surface area contributed by atoms with Gasteiger partial charge in [0.1, 0.15) is 11.9 Å². The highest BCUT2D eigenvalue weighted by molar-refractivity contribution is 5.89. The molecule has 0 spiro atoms. The number of rotatable bonds is 8. The van der Waals surface area contributed by atoms with E-state index in [0.29, 0.717) is 25.1 Å². The van der Waals surface area contributed by atoms with Crippen molar-refractivity contribution in [1.29, 1.82) is 0 Å². The minimum atomic E-state index is -1.25. The predicted octanol–water partition coefficient (Wildman–Crippen LogP) is 4.51. The lowest BCUT2D eigenvalue weighted by atomic mass is 9.84. The van der Waals surface area contributed by atoms with Gasteiger partial charge < -0.3 is 20.1 Å². The predicted molar refractivity (Wildman–Crippen MR) is 131 cm³/mol. The van der Waals surface area contributed by atoms with Crippen molar-refractivity contribution in [3.63, 3.8) is 0 Å². The molecule has 1 saturated carbocycles. The molecule has 7 nitrogen and oxygen atoms in total. The monoisotopic (exact) mass is 463 g/mol. The van der Waals surface area contributed by atoms with Gasteiger partial charge in [0, 0.05) is 5.56 Å². The van der Waals surface area contributed by atoms with Crippen molar-refractivity contribution in [2.24, 2.45) is 11.7 Å². The van der Waals surface area contributed by atoms with E-state index in [2.05, 4.69) is 13.8 Å². The maximum absolute atomic E-state index is 13.8. The zero-order chi connectivity index (χ0) is 24.3. The number of carbonyl (C=O) groups is 2. The summed E-state index contributed by atoms with van der Waals surface area (Å²) in [5, 5.41) is 9.43. The molecule has 3 N–H and O–H groups in total. The van der Waals surface area contributed by atoms with E-state index in [-0.39, 0.29) is 12.5 Å². The molecular formula is C27H33N3O4. The normalized spacial score (nSPS) is 16.5. The summed E-state index contributed by atoms with van der Waals surface area (Å²) < 4.78 is 7.94. The molecule has 180 valence electrons. The topological polar surface area (TPSA) is 107 Å². The van der Waals surface area contributed by atoms with Crippen molar-refractivity contribution in [3.8, 4) is 11.4 Å². The summed E-state index contributed by atoms with van der Waals surface area (Å²) in [5.41, 5.74) is 7.73. The average molecular weight is 464 g/mol. The van der Waals surface area contributed by atoms with E-state index in [1.54, 1.807) is 0 Å². The van der Waals surface area contributed by atoms with E-state index >= 15 is 0 Å². The summed E-state index contributed by atoms with van der Waals surface area (Å²) >= 11 is 0. The van der Waals surface area contributed by atoms with Gasteiger partial charge in [-0.2, -0.15) is 0 Å². The second kappa shape index (κ2) is 9.97. The number of nitrogens with zero attached hydrogens (tertiary/aromatic N) is 2. The molecule has 1 fully saturated rings. The number of primary amides is 1. The highest BCUT2D eigenvalue weighted by Crippen LogP contribution is 2.36. The molecule has 1 aromatic heterocycles. The molecule has 1 amide bonds. The van der Waals surface area contributed by atoms with Gasteiger partial charge in [0.05, 0.1) is 17.6 Å². The van der Waals surface area contributed by atoms with Crippen molar-refractivity contribution >= 4 is 22.9 Å². The van der Waals surface area contributed by atoms with Crippen LogP contribution < -0.4 is 5.73 Å². The number of para-hydroxylation sites is 2. The Bertz CT molecular complexity index is 1160. The van der Waals surface area contributed by atoms with Crippen LogP contribution in [0.4, 0.5) is 0 Å². The lowest BCUT2D eigenvalue weighted by Crippen LogP contribution is -2.50. The third-order valence-electron chi connectivity index (χ3n) is 6.68. The number of amides is 1. The average Bonchev–Trinajstić information content (AvgIpc) is 3.22. The molecule has 3 aromatic rings. The Morgan fingerprint density at radius 3 is 2.38 bits per heavy atom. The smallest absolute Gasteiger partial charge is 0.330 e. The van der Waals surface area contributed by atoms with E-state index in [9.17, 15) is 14.7 Å². The highest BCUT2D eigenvalue weighted by Gasteiger charge is 2.43. The largest absolute Gasteiger partial charge is 0.447 e. The van der Waals surface area contributed by atoms with Gasteiger partial charge in [-0.05, 0) is 55.7 Å². The first-order chi connectivity index (χ1) is 16.3. The lowest BCUT2D eigenvalue weighted by molar-refractivity contribution is -0.174. The first-order valence-corrected chi connectivity index (χ1v) is 12.0. The second-order valence-electron chi connectivity index (χ2n) is 9.63. The number of aliphatic hydroxyl groups excluding tert-OH is 1. The molecule has 2 aromatic carbocycles. The first-order valence-electron chi connectivity index (χ1n) is 12.0. The molecule has 1 aliphatic carbocycles. The Kier molecular flexibility index (Phi) is 7.03. The Balaban J connectivity index is 1.81. The van der Waals surface area contributed by atoms with E-state index in [0.717, 1.165) is 41.4 Å². The van der Waals surface area contributed by atoms with Crippen LogP contribution in [0, 0.1) is 5.92 Å². The third-order valence-corrected chi connectivity index (χ3v) is 6.68. The van der Waals surface area contributed by atoms with Crippen LogP contribution in [0.5, 0.6) is 0 Å². The number of aromatic nitrogens is 2. The van der Waals surface area contributed by atoms with Gasteiger partial charge in [-0.3, -0.25) is 4.79 Å². The number of fused-ring (bicyclic) bond motifs is 1. The summed E-state index contributed by atoms with van der Waals surface area (Å²) in [6.45, 7) is 4.06. The van der Waals surface area contributed by atoms with E-state index < -0.39 is 23.5 Å². The molecule has 34 heavy (non-hydrogen) atoms. The minimum absolute atomic E-state index is 0.0474. The molecule has 0 saturated heterocycles. The standard InChI is InChI=1S/C27H33N3O4/c1-18(2)16-23(25(32)34-27(26(28)33)14-6-3-7-15-27)30-22-9-5-4-8-21(22)29-24(30)20-12-10-19(17-31)11-13-20/h4-5,8-13,18,23,31H,3,6-7,14-17H2,1-2H3,(H2,28,33). The molecule has 0 aliphatic heterocycles. The lowest BCUT2D eigenvalue weighted by Gasteiger charge is -2.35. The fraction of sp³-hybridized carbons (Fsp3) is 0.444. The zero-order valence-electron chi connectivity index (χ0n) is 19.9. The number of benzene rings is 2. The number of hydrogen-bond donors (Lipinski definition) is 2. The van der Waals surface area contributed by atoms with Gasteiger partial charge in [0.2, 0.25) is 0 Å². The van der Waals surface area contributed by atoms with E-state index in [1.807, 2.05) is 53.1 Å². The number of carbonyl (C=O) groups excluding carboxylic acids is 2. The Hall–Kier alpha value is -3.19. The van der Waals surface area contributed by atoms with Crippen molar-refractivity contribution in [1.82, 2.24) is 9.55 Å². The van der Waals surface area contributed by atoms with Gasteiger partial charge >= 0.3 is 5.97 Å². The molecule has 0 bridgehead atoms. The fourth-order valence-electron chi connectivity index (χ4n) is 4.86. The van der Waals surface area contributed by atoms with E-state index in [4.69, 9.17) is 15.5 Å². The molecule has 1 atom stereocenters. The summed E-state index contributed by atoms with van der Waals surface area (Å²) in [6, 6.07) is 14.5. The van der Waals surface area contributed by atoms with Crippen LogP contribution in [-0.4, -0.2) is 32.1 Å². The van der Waals surface area contributed by atoms with Crippen molar-refractivity contribution in [2.75, 3.05) is 0 Å². The maximum Gasteiger partial charge on any atom is 0.330 e. The van der Waals surface area contributed by atoms with Gasteiger partial charge in [-0.25, -0.2) is 9.78 Å². The molecule has 1 heterocycles. The van der Waals surface area contributed by atoms with Crippen molar-refractivity contribution in [3.05, 3.63) is 54.1 Å². The molecule has 4 rings (SSSR count). The Morgan fingerprint density at radius 2 is 1.76 bits per heavy atom. The minimum Gasteiger partial charge on any atom is -0.447 e. The maximum atomic E-state index is 13.8. The number of hydrogen-bond acceptors (Lipinski definition) is 5. The second-order valence-corrected chi connectivity index (χ2v) is 9.63. The van der Waals surface area contributed by atoms with Crippen LogP contribution in [0.25, 0.3) is 22.4 Å². The first kappa shape index (κ1) is 24.0. The van der Waals surface area contributed by atoms with Crippen LogP contribution in [0.1, 0.15) is 64.0 Å². The molecule has 7 heteroatoms. The molecular weight excluding hydrogens is 430 g/mol. The Labute approximate surface area is 199 Å². The number of esters is 1. The van der Waals surface area contributed by atoms with Gasteiger partial charge in [-0.1, -0.05) is 56.7 Å². The molecule has 0 radical (unpaired) electrons. The zero-order valence-corrected chi connectivity index (χ0v) is 19.9. The molecule has 1 aliphatic rings. The third kappa shape index (κ3) is 4.71. The van der Waals surface area contributed by atoms with Gasteiger partial charge in [0.25, 0.3) is 5.91 Å². The quantitative estimate of drug-likeness (QED) is 0.478. The summed E-state index contributed by atoms with van der Waals surface area (Å²) in [6.07, 6.45) is 4.06. The van der Waals surface area contributed by atoms with Crippen LogP contribution >= 0.6 is 0 Å². The van der Waals surface area contributed by atoms with Gasteiger partial charge in [0.15, 0.2) is 5.60 Å². The summed E-state index contributed by atoms with van der Waals surface area (Å²) in [5.74, 6) is -0.186. The van der Waals surface area contributed by atoms with Crippen molar-refractivity contribution < 1.29 is 19.4 Å². The number of imidazole rings is 1. The van der Waals surface area contributed by atoms with Crippen LogP contribution in [0.15, 0.2) is 48.5 Å². The van der Waals surface area contributed by atoms with Crippen LogP contribution in [0.3, 0.4) is 0 Å². The number of nitrogens with two attached hydrogens (primary N) is 1.